The number of halogens is 5. The van der Waals surface area contributed by atoms with Gasteiger partial charge in [-0.25, -0.2) is 18.8 Å². The van der Waals surface area contributed by atoms with Crippen LogP contribution in [0.25, 0.3) is 0 Å². The molecule has 2 atom stereocenters. The van der Waals surface area contributed by atoms with E-state index in [1.54, 1.807) is 13.0 Å². The Morgan fingerprint density at radius 1 is 1.29 bits per heavy atom. The normalized spacial score (nSPS) is 22.3. The van der Waals surface area contributed by atoms with Gasteiger partial charge in [0.05, 0.1) is 18.3 Å². The standard InChI is InChI=1S/C23H23F5N4O3/c1-11-5-14(34-10-12-3-4-12)9-30-19(11)20(33)31-13-6-15(18(25)16(24)7-13)22(2)8-17(23(26,27)28)35-21(29)32-22/h5-7,9,12,17H,3-4,8,10H2,1-2H3,(H2,29,32)(H,31,33). The summed E-state index contributed by atoms with van der Waals surface area (Å²) in [6.45, 7) is 3.38. The quantitative estimate of drug-likeness (QED) is 0.568. The first-order chi connectivity index (χ1) is 16.4. The minimum Gasteiger partial charge on any atom is -0.492 e. The largest absolute Gasteiger partial charge is 0.492 e. The predicted molar refractivity (Wildman–Crippen MR) is 116 cm³/mol. The van der Waals surface area contributed by atoms with E-state index in [4.69, 9.17) is 10.5 Å². The maximum absolute atomic E-state index is 14.7. The first-order valence-corrected chi connectivity index (χ1v) is 10.8. The maximum atomic E-state index is 14.7. The number of anilines is 1. The van der Waals surface area contributed by atoms with Crippen molar-refractivity contribution in [2.45, 2.75) is 50.9 Å². The summed E-state index contributed by atoms with van der Waals surface area (Å²) < 4.78 is 79.2. The van der Waals surface area contributed by atoms with Gasteiger partial charge in [0.2, 0.25) is 0 Å². The SMILES string of the molecule is Cc1cc(OCC2CC2)cnc1C(=O)Nc1cc(F)c(F)c(C2(C)CC(C(F)(F)F)OC(N)=N2)c1. The third-order valence-electron chi connectivity index (χ3n) is 5.89. The zero-order chi connectivity index (χ0) is 25.5. The van der Waals surface area contributed by atoms with Gasteiger partial charge < -0.3 is 20.5 Å². The van der Waals surface area contributed by atoms with Crippen LogP contribution in [0.4, 0.5) is 27.6 Å². The maximum Gasteiger partial charge on any atom is 0.425 e. The Hall–Kier alpha value is -3.44. The lowest BCUT2D eigenvalue weighted by Gasteiger charge is -2.36. The van der Waals surface area contributed by atoms with Gasteiger partial charge in [-0.3, -0.25) is 4.79 Å². The summed E-state index contributed by atoms with van der Waals surface area (Å²) in [5.41, 5.74) is 3.32. The first kappa shape index (κ1) is 24.7. The first-order valence-electron chi connectivity index (χ1n) is 10.8. The molecule has 2 aliphatic rings. The number of nitrogens with two attached hydrogens (primary N) is 1. The van der Waals surface area contributed by atoms with Gasteiger partial charge in [0.25, 0.3) is 11.9 Å². The molecule has 1 aromatic carbocycles. The molecular formula is C23H23F5N4O3. The average Bonchev–Trinajstić information content (AvgIpc) is 3.58. The minimum atomic E-state index is -4.81. The Kier molecular flexibility index (Phi) is 6.32. The van der Waals surface area contributed by atoms with Crippen LogP contribution in [0.3, 0.4) is 0 Å². The van der Waals surface area contributed by atoms with Crippen molar-refractivity contribution in [3.8, 4) is 5.75 Å². The highest BCUT2D eigenvalue weighted by Gasteiger charge is 2.50. The van der Waals surface area contributed by atoms with Gasteiger partial charge in [-0.1, -0.05) is 0 Å². The van der Waals surface area contributed by atoms with E-state index in [0.717, 1.165) is 25.0 Å². The van der Waals surface area contributed by atoms with E-state index in [-0.39, 0.29) is 11.4 Å². The molecule has 12 heteroatoms. The fraction of sp³-hybridized carbons (Fsp3) is 0.435. The Labute approximate surface area is 197 Å². The van der Waals surface area contributed by atoms with Crippen molar-refractivity contribution < 1.29 is 36.2 Å². The van der Waals surface area contributed by atoms with Crippen LogP contribution >= 0.6 is 0 Å². The number of ether oxygens (including phenoxy) is 2. The number of rotatable bonds is 6. The van der Waals surface area contributed by atoms with Crippen LogP contribution in [0, 0.1) is 24.5 Å². The van der Waals surface area contributed by atoms with Crippen LogP contribution in [0.15, 0.2) is 29.4 Å². The lowest BCUT2D eigenvalue weighted by molar-refractivity contribution is -0.208. The number of benzene rings is 1. The second-order valence-corrected chi connectivity index (χ2v) is 8.94. The summed E-state index contributed by atoms with van der Waals surface area (Å²) >= 11 is 0. The predicted octanol–water partition coefficient (Wildman–Crippen LogP) is 4.59. The highest BCUT2D eigenvalue weighted by Crippen LogP contribution is 2.42. The van der Waals surface area contributed by atoms with E-state index >= 15 is 0 Å². The van der Waals surface area contributed by atoms with Gasteiger partial charge >= 0.3 is 6.18 Å². The molecule has 0 saturated heterocycles. The Balaban J connectivity index is 1.58. The van der Waals surface area contributed by atoms with Gasteiger partial charge in [-0.15, -0.1) is 0 Å². The molecule has 1 aliphatic heterocycles. The van der Waals surface area contributed by atoms with Crippen LogP contribution in [-0.4, -0.2) is 35.8 Å². The highest BCUT2D eigenvalue weighted by atomic mass is 19.4. The van der Waals surface area contributed by atoms with Crippen LogP contribution in [0.2, 0.25) is 0 Å². The molecular weight excluding hydrogens is 475 g/mol. The van der Waals surface area contributed by atoms with E-state index < -0.39 is 53.4 Å². The fourth-order valence-electron chi connectivity index (χ4n) is 3.82. The summed E-state index contributed by atoms with van der Waals surface area (Å²) in [6, 6.07) is 2.57. The number of alkyl halides is 3. The van der Waals surface area contributed by atoms with E-state index in [1.807, 2.05) is 0 Å². The Bertz CT molecular complexity index is 1180. The van der Waals surface area contributed by atoms with Crippen LogP contribution in [-0.2, 0) is 10.3 Å². The van der Waals surface area contributed by atoms with E-state index in [0.29, 0.717) is 23.8 Å². The summed E-state index contributed by atoms with van der Waals surface area (Å²) in [5, 5.41) is 2.41. The molecule has 1 saturated carbocycles. The van der Waals surface area contributed by atoms with Gasteiger partial charge in [0.15, 0.2) is 17.7 Å². The smallest absolute Gasteiger partial charge is 0.425 e. The zero-order valence-electron chi connectivity index (χ0n) is 18.9. The molecule has 2 heterocycles. The van der Waals surface area contributed by atoms with Crippen LogP contribution in [0.5, 0.6) is 5.75 Å². The van der Waals surface area contributed by atoms with E-state index in [9.17, 15) is 26.7 Å². The molecule has 2 unspecified atom stereocenters. The lowest BCUT2D eigenvalue weighted by Crippen LogP contribution is -2.46. The third kappa shape index (κ3) is 5.46. The van der Waals surface area contributed by atoms with E-state index in [1.165, 1.54) is 13.1 Å². The number of aliphatic imine (C=N–C) groups is 1. The third-order valence-corrected chi connectivity index (χ3v) is 5.89. The van der Waals surface area contributed by atoms with Crippen LogP contribution < -0.4 is 15.8 Å². The summed E-state index contributed by atoms with van der Waals surface area (Å²) in [6.07, 6.45) is -4.39. The zero-order valence-corrected chi connectivity index (χ0v) is 18.9. The van der Waals surface area contributed by atoms with Crippen molar-refractivity contribution in [1.29, 1.82) is 0 Å². The second-order valence-electron chi connectivity index (χ2n) is 8.94. The number of aromatic nitrogens is 1. The number of nitrogens with zero attached hydrogens (tertiary/aromatic N) is 2. The van der Waals surface area contributed by atoms with Gasteiger partial charge in [0, 0.05) is 23.7 Å². The number of nitrogens with one attached hydrogen (secondary N) is 1. The van der Waals surface area contributed by atoms with Gasteiger partial charge in [0.1, 0.15) is 11.4 Å². The molecule has 1 fully saturated rings. The Morgan fingerprint density at radius 2 is 2.00 bits per heavy atom. The van der Waals surface area contributed by atoms with Crippen molar-refractivity contribution in [2.24, 2.45) is 16.6 Å². The molecule has 0 spiro atoms. The lowest BCUT2D eigenvalue weighted by atomic mass is 9.85. The molecule has 0 bridgehead atoms. The van der Waals surface area contributed by atoms with E-state index in [2.05, 4.69) is 20.0 Å². The number of amides is 1. The molecule has 0 radical (unpaired) electrons. The van der Waals surface area contributed by atoms with Crippen molar-refractivity contribution >= 4 is 17.6 Å². The van der Waals surface area contributed by atoms with Crippen molar-refractivity contribution in [3.63, 3.8) is 0 Å². The average molecular weight is 498 g/mol. The summed E-state index contributed by atoms with van der Waals surface area (Å²) in [5.74, 6) is -2.47. The molecule has 4 rings (SSSR count). The van der Waals surface area contributed by atoms with Crippen molar-refractivity contribution in [3.05, 3.63) is 52.9 Å². The molecule has 2 aromatic rings. The fourth-order valence-corrected chi connectivity index (χ4v) is 3.82. The molecule has 1 aromatic heterocycles. The number of hydrogen-bond donors (Lipinski definition) is 2. The monoisotopic (exact) mass is 498 g/mol. The molecule has 1 aliphatic carbocycles. The summed E-state index contributed by atoms with van der Waals surface area (Å²) in [7, 11) is 0. The molecule has 188 valence electrons. The molecule has 7 nitrogen and oxygen atoms in total. The minimum absolute atomic E-state index is 0.0201. The number of carbonyl (C=O) groups is 1. The molecule has 3 N–H and O–H groups in total. The van der Waals surface area contributed by atoms with Gasteiger partial charge in [-0.2, -0.15) is 13.2 Å². The number of hydrogen-bond acceptors (Lipinski definition) is 6. The van der Waals surface area contributed by atoms with Crippen molar-refractivity contribution in [1.82, 2.24) is 4.98 Å². The number of aryl methyl sites for hydroxylation is 1. The van der Waals surface area contributed by atoms with Crippen molar-refractivity contribution in [2.75, 3.05) is 11.9 Å². The summed E-state index contributed by atoms with van der Waals surface area (Å²) in [4.78, 5) is 20.7. The van der Waals surface area contributed by atoms with Crippen LogP contribution in [0.1, 0.15) is 47.8 Å². The second kappa shape index (κ2) is 8.97. The number of carbonyl (C=O) groups excluding carboxylic acids is 1. The van der Waals surface area contributed by atoms with Gasteiger partial charge in [-0.05, 0) is 50.3 Å². The molecule has 1 amide bonds. The number of amidine groups is 1. The highest BCUT2D eigenvalue weighted by molar-refractivity contribution is 6.03. The Morgan fingerprint density at radius 3 is 2.63 bits per heavy atom. The topological polar surface area (TPSA) is 98.8 Å². The number of pyridine rings is 1. The molecule has 35 heavy (non-hydrogen) atoms.